The molecule has 5 aliphatic heterocycles. The Balaban J connectivity index is 1.12. The van der Waals surface area contributed by atoms with E-state index in [1.54, 1.807) is 0 Å². The molecule has 6 rings (SSSR count). The summed E-state index contributed by atoms with van der Waals surface area (Å²) in [4.78, 5) is 29.0. The summed E-state index contributed by atoms with van der Waals surface area (Å²) in [6.07, 6.45) is 9.84. The number of ether oxygens (including phenoxy) is 2. The van der Waals surface area contributed by atoms with Crippen LogP contribution in [0.5, 0.6) is 6.01 Å². The Hall–Kier alpha value is -2.13. The number of likely N-dealkylation sites (tertiary alicyclic amines) is 1. The summed E-state index contributed by atoms with van der Waals surface area (Å²) in [5.74, 6) is 1.07. The van der Waals surface area contributed by atoms with Crippen molar-refractivity contribution in [2.75, 3.05) is 50.8 Å². The van der Waals surface area contributed by atoms with Gasteiger partial charge in [0.2, 0.25) is 0 Å². The quantitative estimate of drug-likeness (QED) is 0.615. The molecule has 0 aromatic carbocycles. The second-order valence-corrected chi connectivity index (χ2v) is 11.6. The van der Waals surface area contributed by atoms with Gasteiger partial charge in [-0.1, -0.05) is 6.92 Å². The molecule has 5 fully saturated rings. The van der Waals surface area contributed by atoms with Gasteiger partial charge in [-0.2, -0.15) is 4.98 Å². The first-order valence-electron chi connectivity index (χ1n) is 14.2. The third kappa shape index (κ3) is 4.53. The maximum Gasteiger partial charge on any atom is 0.409 e. The molecule has 5 saturated heterocycles. The fourth-order valence-corrected chi connectivity index (χ4v) is 7.41. The van der Waals surface area contributed by atoms with Gasteiger partial charge in [0.25, 0.3) is 0 Å². The molecule has 0 aliphatic carbocycles. The summed E-state index contributed by atoms with van der Waals surface area (Å²) in [6.45, 7) is 10.1. The average Bonchev–Trinajstić information content (AvgIpc) is 3.66. The van der Waals surface area contributed by atoms with E-state index in [2.05, 4.69) is 29.0 Å². The Bertz CT molecular complexity index is 957. The highest BCUT2D eigenvalue weighted by Gasteiger charge is 2.50. The number of carbonyl (C=O) groups excluding carboxylic acids is 1. The van der Waals surface area contributed by atoms with Gasteiger partial charge < -0.3 is 24.6 Å². The van der Waals surface area contributed by atoms with Crippen LogP contribution < -0.4 is 15.0 Å². The number of nitrogens with zero attached hydrogens (tertiary/aromatic N) is 5. The van der Waals surface area contributed by atoms with E-state index in [1.807, 2.05) is 4.90 Å². The number of piperazine rings is 1. The van der Waals surface area contributed by atoms with Gasteiger partial charge in [-0.25, -0.2) is 9.78 Å². The molecule has 1 aromatic heterocycles. The van der Waals surface area contributed by atoms with Crippen LogP contribution in [0.1, 0.15) is 69.5 Å². The highest BCUT2D eigenvalue weighted by atomic mass is 16.6. The minimum atomic E-state index is -0.144. The van der Waals surface area contributed by atoms with Crippen LogP contribution in [0.3, 0.4) is 0 Å². The maximum absolute atomic E-state index is 12.4. The van der Waals surface area contributed by atoms with Gasteiger partial charge in [0, 0.05) is 55.6 Å². The summed E-state index contributed by atoms with van der Waals surface area (Å²) in [7, 11) is 0. The molecular weight excluding hydrogens is 456 g/mol. The van der Waals surface area contributed by atoms with Gasteiger partial charge in [0.05, 0.1) is 5.54 Å². The molecule has 1 amide bonds. The van der Waals surface area contributed by atoms with Crippen LogP contribution in [-0.4, -0.2) is 95.5 Å². The number of rotatable bonds is 7. The van der Waals surface area contributed by atoms with E-state index in [9.17, 15) is 4.79 Å². The molecule has 1 N–H and O–H groups in total. The fourth-order valence-electron chi connectivity index (χ4n) is 7.41. The van der Waals surface area contributed by atoms with Crippen LogP contribution in [0, 0.1) is 6.92 Å². The number of aromatic nitrogens is 2. The lowest BCUT2D eigenvalue weighted by Gasteiger charge is -2.36. The SMILES string of the molecule is CCc1c(C)nc(OC[C@]23CCCN2[C@@H](COC(=O)N2CCCC2)CC3)nc1N1CC2CCC(C1)N2. The zero-order valence-electron chi connectivity index (χ0n) is 22.0. The third-order valence-corrected chi connectivity index (χ3v) is 9.31. The summed E-state index contributed by atoms with van der Waals surface area (Å²) < 4.78 is 12.2. The Morgan fingerprint density at radius 1 is 1.06 bits per heavy atom. The Kier molecular flexibility index (Phi) is 6.71. The number of hydrogen-bond donors (Lipinski definition) is 1. The zero-order chi connectivity index (χ0) is 24.7. The van der Waals surface area contributed by atoms with Crippen molar-refractivity contribution < 1.29 is 14.3 Å². The predicted octanol–water partition coefficient (Wildman–Crippen LogP) is 2.90. The van der Waals surface area contributed by atoms with E-state index >= 15 is 0 Å². The Morgan fingerprint density at radius 2 is 1.83 bits per heavy atom. The minimum absolute atomic E-state index is 0.000271. The average molecular weight is 499 g/mol. The smallest absolute Gasteiger partial charge is 0.409 e. The van der Waals surface area contributed by atoms with Crippen molar-refractivity contribution in [2.24, 2.45) is 0 Å². The molecule has 0 radical (unpaired) electrons. The molecular formula is C27H42N6O3. The molecule has 9 heteroatoms. The van der Waals surface area contributed by atoms with E-state index in [-0.39, 0.29) is 17.7 Å². The first-order chi connectivity index (χ1) is 17.5. The van der Waals surface area contributed by atoms with E-state index < -0.39 is 0 Å². The van der Waals surface area contributed by atoms with Gasteiger partial charge in [0.1, 0.15) is 19.0 Å². The third-order valence-electron chi connectivity index (χ3n) is 9.31. The molecule has 9 nitrogen and oxygen atoms in total. The Labute approximate surface area is 214 Å². The lowest BCUT2D eigenvalue weighted by molar-refractivity contribution is 0.0462. The van der Waals surface area contributed by atoms with Crippen molar-refractivity contribution in [3.8, 4) is 6.01 Å². The first-order valence-corrected chi connectivity index (χ1v) is 14.2. The van der Waals surface area contributed by atoms with Crippen LogP contribution in [-0.2, 0) is 11.2 Å². The minimum Gasteiger partial charge on any atom is -0.461 e. The predicted molar refractivity (Wildman–Crippen MR) is 138 cm³/mol. The molecule has 0 saturated carbocycles. The summed E-state index contributed by atoms with van der Waals surface area (Å²) >= 11 is 0. The van der Waals surface area contributed by atoms with Crippen LogP contribution >= 0.6 is 0 Å². The molecule has 0 spiro atoms. The number of aryl methyl sites for hydroxylation is 1. The van der Waals surface area contributed by atoms with E-state index in [0.29, 0.717) is 31.3 Å². The van der Waals surface area contributed by atoms with Gasteiger partial charge >= 0.3 is 12.1 Å². The molecule has 6 heterocycles. The van der Waals surface area contributed by atoms with Crippen LogP contribution in [0.25, 0.3) is 0 Å². The zero-order valence-corrected chi connectivity index (χ0v) is 22.0. The summed E-state index contributed by atoms with van der Waals surface area (Å²) in [6, 6.07) is 1.92. The largest absolute Gasteiger partial charge is 0.461 e. The molecule has 5 aliphatic rings. The number of anilines is 1. The monoisotopic (exact) mass is 498 g/mol. The van der Waals surface area contributed by atoms with Crippen LogP contribution in [0.2, 0.25) is 0 Å². The second-order valence-electron chi connectivity index (χ2n) is 11.6. The number of carbonyl (C=O) groups is 1. The van der Waals surface area contributed by atoms with Crippen LogP contribution in [0.4, 0.5) is 10.6 Å². The molecule has 2 bridgehead atoms. The summed E-state index contributed by atoms with van der Waals surface area (Å²) in [5, 5.41) is 3.72. The number of nitrogens with one attached hydrogen (secondary N) is 1. The fraction of sp³-hybridized carbons (Fsp3) is 0.815. The maximum atomic E-state index is 12.4. The van der Waals surface area contributed by atoms with Gasteiger partial charge in [0.15, 0.2) is 0 Å². The first kappa shape index (κ1) is 24.2. The highest BCUT2D eigenvalue weighted by Crippen LogP contribution is 2.43. The van der Waals surface area contributed by atoms with E-state index in [4.69, 9.17) is 19.4 Å². The second kappa shape index (κ2) is 9.97. The lowest BCUT2D eigenvalue weighted by Crippen LogP contribution is -2.51. The number of fused-ring (bicyclic) bond motifs is 3. The highest BCUT2D eigenvalue weighted by molar-refractivity contribution is 5.67. The topological polar surface area (TPSA) is 83.1 Å². The number of amides is 1. The summed E-state index contributed by atoms with van der Waals surface area (Å²) in [5.41, 5.74) is 2.27. The van der Waals surface area contributed by atoms with Crippen molar-refractivity contribution in [1.82, 2.24) is 25.1 Å². The molecule has 36 heavy (non-hydrogen) atoms. The van der Waals surface area contributed by atoms with Crippen molar-refractivity contribution in [3.63, 3.8) is 0 Å². The van der Waals surface area contributed by atoms with Crippen molar-refractivity contribution in [3.05, 3.63) is 11.3 Å². The van der Waals surface area contributed by atoms with Crippen LogP contribution in [0.15, 0.2) is 0 Å². The lowest BCUT2D eigenvalue weighted by atomic mass is 9.95. The van der Waals surface area contributed by atoms with Gasteiger partial charge in [-0.05, 0) is 71.3 Å². The van der Waals surface area contributed by atoms with Crippen molar-refractivity contribution in [1.29, 1.82) is 0 Å². The van der Waals surface area contributed by atoms with E-state index in [1.165, 1.54) is 18.4 Å². The standard InChI is InChI=1S/C27H42N6O3/c1-3-23-19(2)28-25(30-24(23)32-15-20-7-8-21(16-32)29-20)36-18-27-10-6-14-33(27)22(9-11-27)17-35-26(34)31-12-4-5-13-31/h20-22,29H,3-18H2,1-2H3/t20?,21?,22-,27-/m1/s1. The van der Waals surface area contributed by atoms with Crippen molar-refractivity contribution in [2.45, 2.75) is 95.3 Å². The Morgan fingerprint density at radius 3 is 2.58 bits per heavy atom. The van der Waals surface area contributed by atoms with Gasteiger partial charge in [-0.3, -0.25) is 4.90 Å². The molecule has 1 aromatic rings. The molecule has 2 unspecified atom stereocenters. The number of hydrogen-bond acceptors (Lipinski definition) is 8. The normalized spacial score (nSPS) is 31.8. The van der Waals surface area contributed by atoms with Gasteiger partial charge in [-0.15, -0.1) is 0 Å². The molecule has 198 valence electrons. The molecule has 4 atom stereocenters. The van der Waals surface area contributed by atoms with E-state index in [0.717, 1.165) is 89.2 Å². The van der Waals surface area contributed by atoms with Crippen molar-refractivity contribution >= 4 is 11.9 Å².